The van der Waals surface area contributed by atoms with Crippen molar-refractivity contribution >= 4 is 0 Å². The van der Waals surface area contributed by atoms with E-state index in [4.69, 9.17) is 5.11 Å². The molecule has 0 saturated heterocycles. The van der Waals surface area contributed by atoms with Gasteiger partial charge in [-0.1, -0.05) is 45.0 Å². The monoisotopic (exact) mass is 194 g/mol. The van der Waals surface area contributed by atoms with E-state index >= 15 is 0 Å². The van der Waals surface area contributed by atoms with Gasteiger partial charge in [-0.25, -0.2) is 0 Å². The van der Waals surface area contributed by atoms with E-state index in [2.05, 4.69) is 0 Å². The van der Waals surface area contributed by atoms with Gasteiger partial charge in [0.1, 0.15) is 0 Å². The zero-order chi connectivity index (χ0) is 10.8. The summed E-state index contributed by atoms with van der Waals surface area (Å²) in [6.45, 7) is 6.04. The summed E-state index contributed by atoms with van der Waals surface area (Å²) in [6.07, 6.45) is -0.463. The van der Waals surface area contributed by atoms with Crippen LogP contribution >= 0.6 is 0 Å². The highest BCUT2D eigenvalue weighted by Gasteiger charge is 2.23. The van der Waals surface area contributed by atoms with Gasteiger partial charge in [-0.2, -0.15) is 0 Å². The molecule has 0 amide bonds. The maximum atomic E-state index is 9.96. The molecule has 78 valence electrons. The molecule has 1 rings (SSSR count). The van der Waals surface area contributed by atoms with E-state index in [-0.39, 0.29) is 12.0 Å². The van der Waals surface area contributed by atoms with E-state index in [9.17, 15) is 5.11 Å². The molecule has 1 aromatic carbocycles. The van der Waals surface area contributed by atoms with E-state index in [1.54, 1.807) is 0 Å². The first-order valence-electron chi connectivity index (χ1n) is 4.83. The first kappa shape index (κ1) is 11.2. The molecule has 0 aliphatic rings. The smallest absolute Gasteiger partial charge is 0.0838 e. The highest BCUT2D eigenvalue weighted by Crippen LogP contribution is 2.32. The molecular formula is C12H18O2. The Bertz CT molecular complexity index is 282. The van der Waals surface area contributed by atoms with Crippen LogP contribution in [0.2, 0.25) is 0 Å². The Labute approximate surface area is 85.2 Å². The molecule has 0 aliphatic heterocycles. The lowest BCUT2D eigenvalue weighted by molar-refractivity contribution is 0.0626. The number of aliphatic hydroxyl groups excluding tert-OH is 2. The van der Waals surface area contributed by atoms with Gasteiger partial charge in [0, 0.05) is 0 Å². The largest absolute Gasteiger partial charge is 0.392 e. The third-order valence-corrected chi connectivity index (χ3v) is 2.30. The van der Waals surface area contributed by atoms with Crippen molar-refractivity contribution in [2.24, 2.45) is 5.41 Å². The number of hydrogen-bond acceptors (Lipinski definition) is 2. The van der Waals surface area contributed by atoms with Gasteiger partial charge in [0.15, 0.2) is 0 Å². The van der Waals surface area contributed by atoms with Gasteiger partial charge in [-0.15, -0.1) is 0 Å². The predicted octanol–water partition coefficient (Wildman–Crippen LogP) is 2.26. The summed E-state index contributed by atoms with van der Waals surface area (Å²) in [4.78, 5) is 0. The average molecular weight is 194 g/mol. The number of aliphatic hydroxyl groups is 2. The molecule has 0 radical (unpaired) electrons. The molecule has 0 fully saturated rings. The van der Waals surface area contributed by atoms with Crippen molar-refractivity contribution in [2.75, 3.05) is 0 Å². The Morgan fingerprint density at radius 3 is 2.00 bits per heavy atom. The van der Waals surface area contributed by atoms with Crippen LogP contribution in [-0.4, -0.2) is 10.2 Å². The highest BCUT2D eigenvalue weighted by atomic mass is 16.3. The van der Waals surface area contributed by atoms with Crippen molar-refractivity contribution in [1.82, 2.24) is 0 Å². The van der Waals surface area contributed by atoms with Gasteiger partial charge in [0.05, 0.1) is 12.7 Å². The van der Waals surface area contributed by atoms with Gasteiger partial charge in [0.2, 0.25) is 0 Å². The van der Waals surface area contributed by atoms with E-state index in [1.165, 1.54) is 0 Å². The predicted molar refractivity (Wildman–Crippen MR) is 56.8 cm³/mol. The Balaban J connectivity index is 2.87. The first-order chi connectivity index (χ1) is 6.45. The standard InChI is InChI=1S/C12H18O2/c1-12(2,3)11(14)10-6-4-9(8-13)5-7-10/h4-7,11,13-14H,8H2,1-3H3. The molecule has 1 aromatic rings. The van der Waals surface area contributed by atoms with Gasteiger partial charge in [-0.3, -0.25) is 0 Å². The number of rotatable bonds is 2. The maximum absolute atomic E-state index is 9.96. The zero-order valence-electron chi connectivity index (χ0n) is 8.99. The maximum Gasteiger partial charge on any atom is 0.0838 e. The second-order valence-corrected chi connectivity index (χ2v) is 4.67. The minimum atomic E-state index is -0.463. The van der Waals surface area contributed by atoms with Crippen LogP contribution < -0.4 is 0 Å². The summed E-state index contributed by atoms with van der Waals surface area (Å²) in [6, 6.07) is 7.40. The lowest BCUT2D eigenvalue weighted by Crippen LogP contribution is -2.17. The molecule has 14 heavy (non-hydrogen) atoms. The molecule has 0 aliphatic carbocycles. The van der Waals surface area contributed by atoms with Crippen molar-refractivity contribution < 1.29 is 10.2 Å². The van der Waals surface area contributed by atoms with Crippen molar-refractivity contribution in [1.29, 1.82) is 0 Å². The van der Waals surface area contributed by atoms with Crippen molar-refractivity contribution in [3.8, 4) is 0 Å². The summed E-state index contributed by atoms with van der Waals surface area (Å²) in [5, 5.41) is 18.8. The van der Waals surface area contributed by atoms with E-state index < -0.39 is 6.10 Å². The summed E-state index contributed by atoms with van der Waals surface area (Å²) >= 11 is 0. The van der Waals surface area contributed by atoms with Gasteiger partial charge >= 0.3 is 0 Å². The van der Waals surface area contributed by atoms with Crippen LogP contribution in [0.3, 0.4) is 0 Å². The second kappa shape index (κ2) is 4.11. The van der Waals surface area contributed by atoms with Crippen LogP contribution in [0.1, 0.15) is 38.0 Å². The van der Waals surface area contributed by atoms with Crippen molar-refractivity contribution in [3.63, 3.8) is 0 Å². The molecule has 1 unspecified atom stereocenters. The van der Waals surface area contributed by atoms with Crippen LogP contribution in [0.4, 0.5) is 0 Å². The normalized spacial score (nSPS) is 14.1. The molecule has 2 heteroatoms. The summed E-state index contributed by atoms with van der Waals surface area (Å²) in [7, 11) is 0. The molecular weight excluding hydrogens is 176 g/mol. The van der Waals surface area contributed by atoms with Crippen LogP contribution in [0.25, 0.3) is 0 Å². The SMILES string of the molecule is CC(C)(C)C(O)c1ccc(CO)cc1. The van der Waals surface area contributed by atoms with E-state index in [1.807, 2.05) is 45.0 Å². The fourth-order valence-corrected chi connectivity index (χ4v) is 1.31. The highest BCUT2D eigenvalue weighted by molar-refractivity contribution is 5.24. The zero-order valence-corrected chi connectivity index (χ0v) is 8.99. The Morgan fingerprint density at radius 1 is 1.14 bits per heavy atom. The van der Waals surface area contributed by atoms with Crippen LogP contribution in [0.15, 0.2) is 24.3 Å². The molecule has 2 nitrogen and oxygen atoms in total. The lowest BCUT2D eigenvalue weighted by Gasteiger charge is -2.26. The fourth-order valence-electron chi connectivity index (χ4n) is 1.31. The fraction of sp³-hybridized carbons (Fsp3) is 0.500. The Kier molecular flexibility index (Phi) is 3.29. The van der Waals surface area contributed by atoms with E-state index in [0.29, 0.717) is 0 Å². The van der Waals surface area contributed by atoms with Gasteiger partial charge < -0.3 is 10.2 Å². The summed E-state index contributed by atoms with van der Waals surface area (Å²) in [5.74, 6) is 0. The average Bonchev–Trinajstić information content (AvgIpc) is 2.15. The molecule has 0 saturated carbocycles. The molecule has 0 aromatic heterocycles. The van der Waals surface area contributed by atoms with Crippen molar-refractivity contribution in [3.05, 3.63) is 35.4 Å². The third kappa shape index (κ3) is 2.56. The molecule has 0 bridgehead atoms. The molecule has 0 heterocycles. The number of benzene rings is 1. The van der Waals surface area contributed by atoms with Crippen LogP contribution in [-0.2, 0) is 6.61 Å². The lowest BCUT2D eigenvalue weighted by atomic mass is 9.85. The van der Waals surface area contributed by atoms with Crippen LogP contribution in [0, 0.1) is 5.41 Å². The minimum absolute atomic E-state index is 0.0475. The first-order valence-corrected chi connectivity index (χ1v) is 4.83. The third-order valence-electron chi connectivity index (χ3n) is 2.30. The number of hydrogen-bond donors (Lipinski definition) is 2. The topological polar surface area (TPSA) is 40.5 Å². The Hall–Kier alpha value is -0.860. The van der Waals surface area contributed by atoms with Crippen LogP contribution in [0.5, 0.6) is 0 Å². The summed E-state index contributed by atoms with van der Waals surface area (Å²) in [5.41, 5.74) is 1.62. The molecule has 0 spiro atoms. The van der Waals surface area contributed by atoms with Gasteiger partial charge in [-0.05, 0) is 16.5 Å². The minimum Gasteiger partial charge on any atom is -0.392 e. The summed E-state index contributed by atoms with van der Waals surface area (Å²) < 4.78 is 0. The quantitative estimate of drug-likeness (QED) is 0.758. The molecule has 1 atom stereocenters. The van der Waals surface area contributed by atoms with Gasteiger partial charge in [0.25, 0.3) is 0 Å². The Morgan fingerprint density at radius 2 is 1.64 bits per heavy atom. The molecule has 2 N–H and O–H groups in total. The second-order valence-electron chi connectivity index (χ2n) is 4.67. The van der Waals surface area contributed by atoms with Crippen molar-refractivity contribution in [2.45, 2.75) is 33.5 Å². The van der Waals surface area contributed by atoms with E-state index in [0.717, 1.165) is 11.1 Å².